The third kappa shape index (κ3) is 2.24. The Morgan fingerprint density at radius 3 is 2.32 bits per heavy atom. The fourth-order valence-electron chi connectivity index (χ4n) is 5.97. The molecule has 2 heteroatoms. The summed E-state index contributed by atoms with van der Waals surface area (Å²) in [4.78, 5) is 0. The minimum absolute atomic E-state index is 0.377. The zero-order valence-corrected chi connectivity index (χ0v) is 13.4. The number of aliphatic hydroxyl groups excluding tert-OH is 1. The molecule has 0 aliphatic heterocycles. The lowest BCUT2D eigenvalue weighted by molar-refractivity contribution is -0.00561. The molecule has 0 radical (unpaired) electrons. The van der Waals surface area contributed by atoms with Gasteiger partial charge >= 0.3 is 0 Å². The van der Waals surface area contributed by atoms with Gasteiger partial charge in [0.1, 0.15) is 5.75 Å². The van der Waals surface area contributed by atoms with Crippen LogP contribution in [0.5, 0.6) is 5.75 Å². The van der Waals surface area contributed by atoms with E-state index in [9.17, 15) is 0 Å². The van der Waals surface area contributed by atoms with Gasteiger partial charge in [-0.3, -0.25) is 0 Å². The molecule has 2 nitrogen and oxygen atoms in total. The highest BCUT2D eigenvalue weighted by atomic mass is 16.5. The Balaban J connectivity index is 1.76. The Morgan fingerprint density at radius 1 is 1.14 bits per heavy atom. The molecule has 4 saturated carbocycles. The molecule has 4 fully saturated rings. The number of aliphatic hydroxyl groups is 1. The van der Waals surface area contributed by atoms with Crippen LogP contribution in [0.2, 0.25) is 0 Å². The lowest BCUT2D eigenvalue weighted by Crippen LogP contribution is -2.48. The van der Waals surface area contributed by atoms with Crippen molar-refractivity contribution in [2.75, 3.05) is 7.11 Å². The van der Waals surface area contributed by atoms with Gasteiger partial charge in [-0.15, -0.1) is 0 Å². The van der Waals surface area contributed by atoms with Gasteiger partial charge in [-0.2, -0.15) is 0 Å². The van der Waals surface area contributed by atoms with Gasteiger partial charge < -0.3 is 9.84 Å². The van der Waals surface area contributed by atoms with Crippen molar-refractivity contribution in [2.24, 2.45) is 17.8 Å². The molecule has 1 aromatic rings. The molecule has 1 N–H and O–H groups in total. The average molecular weight is 298 g/mol. The van der Waals surface area contributed by atoms with Crippen LogP contribution in [0.1, 0.15) is 49.7 Å². The van der Waals surface area contributed by atoms with E-state index >= 15 is 0 Å². The van der Waals surface area contributed by atoms with Crippen LogP contribution in [0.15, 0.2) is 30.5 Å². The molecule has 5 rings (SSSR count). The van der Waals surface area contributed by atoms with Crippen LogP contribution in [0.4, 0.5) is 0 Å². The van der Waals surface area contributed by atoms with Gasteiger partial charge in [-0.1, -0.05) is 6.07 Å². The monoisotopic (exact) mass is 298 g/mol. The van der Waals surface area contributed by atoms with E-state index in [2.05, 4.69) is 18.2 Å². The molecule has 0 saturated heterocycles. The highest BCUT2D eigenvalue weighted by Gasteiger charge is 2.52. The fraction of sp³-hybridized carbons (Fsp3) is 0.600. The van der Waals surface area contributed by atoms with Crippen LogP contribution in [-0.4, -0.2) is 12.2 Å². The van der Waals surface area contributed by atoms with Gasteiger partial charge in [0.2, 0.25) is 0 Å². The van der Waals surface area contributed by atoms with Crippen LogP contribution < -0.4 is 4.74 Å². The number of hydrogen-bond donors (Lipinski definition) is 1. The first kappa shape index (κ1) is 14.2. The highest BCUT2D eigenvalue weighted by molar-refractivity contribution is 5.43. The molecule has 0 heterocycles. The molecule has 4 bridgehead atoms. The molecule has 0 spiro atoms. The zero-order valence-electron chi connectivity index (χ0n) is 13.4. The second-order valence-corrected chi connectivity index (χ2v) is 7.81. The van der Waals surface area contributed by atoms with Crippen molar-refractivity contribution in [3.8, 4) is 5.75 Å². The third-order valence-corrected chi connectivity index (χ3v) is 6.37. The van der Waals surface area contributed by atoms with Crippen LogP contribution in [0, 0.1) is 17.8 Å². The second-order valence-electron chi connectivity index (χ2n) is 7.81. The van der Waals surface area contributed by atoms with E-state index in [0.717, 1.165) is 29.9 Å². The summed E-state index contributed by atoms with van der Waals surface area (Å²) in [7, 11) is 1.76. The van der Waals surface area contributed by atoms with E-state index in [0.29, 0.717) is 5.41 Å². The van der Waals surface area contributed by atoms with Crippen molar-refractivity contribution < 1.29 is 9.84 Å². The van der Waals surface area contributed by atoms with E-state index < -0.39 is 0 Å². The van der Waals surface area contributed by atoms with E-state index in [-0.39, 0.29) is 0 Å². The van der Waals surface area contributed by atoms with Crippen LogP contribution in [0.25, 0.3) is 0 Å². The van der Waals surface area contributed by atoms with Crippen LogP contribution >= 0.6 is 0 Å². The standard InChI is InChI=1S/C20H26O2/c1-22-18-5-4-17(3-2-6-21)19(10-18)20-11-14-7-15(12-20)9-16(8-14)13-20/h2,4-6,10,14-16,21H,3,7-9,11-13H2,1H3. The maximum Gasteiger partial charge on any atom is 0.119 e. The lowest BCUT2D eigenvalue weighted by Gasteiger charge is -2.57. The number of rotatable bonds is 4. The summed E-state index contributed by atoms with van der Waals surface area (Å²) < 4.78 is 5.51. The summed E-state index contributed by atoms with van der Waals surface area (Å²) in [6.07, 6.45) is 12.3. The van der Waals surface area contributed by atoms with E-state index in [1.54, 1.807) is 7.11 Å². The fourth-order valence-corrected chi connectivity index (χ4v) is 5.97. The third-order valence-electron chi connectivity index (χ3n) is 6.37. The maximum absolute atomic E-state index is 9.05. The van der Waals surface area contributed by atoms with E-state index in [1.807, 2.05) is 6.08 Å². The first-order valence-corrected chi connectivity index (χ1v) is 8.69. The predicted molar refractivity (Wildman–Crippen MR) is 88.3 cm³/mol. The number of allylic oxidation sites excluding steroid dienone is 1. The number of hydrogen-bond acceptors (Lipinski definition) is 2. The van der Waals surface area contributed by atoms with Gasteiger partial charge in [0, 0.05) is 0 Å². The van der Waals surface area contributed by atoms with Crippen molar-refractivity contribution in [1.82, 2.24) is 0 Å². The maximum atomic E-state index is 9.05. The first-order valence-electron chi connectivity index (χ1n) is 8.69. The summed E-state index contributed by atoms with van der Waals surface area (Å²) >= 11 is 0. The minimum Gasteiger partial charge on any atom is -0.516 e. The lowest BCUT2D eigenvalue weighted by atomic mass is 9.47. The Labute approximate surface area is 133 Å². The molecule has 4 aliphatic carbocycles. The molecule has 22 heavy (non-hydrogen) atoms. The predicted octanol–water partition coefficient (Wildman–Crippen LogP) is 4.78. The van der Waals surface area contributed by atoms with Gasteiger partial charge in [-0.25, -0.2) is 0 Å². The Kier molecular flexibility index (Phi) is 3.43. The summed E-state index contributed by atoms with van der Waals surface area (Å²) in [6.45, 7) is 0. The topological polar surface area (TPSA) is 29.5 Å². The molecule has 0 unspecified atom stereocenters. The normalized spacial score (nSPS) is 36.1. The molecule has 1 aromatic carbocycles. The number of benzene rings is 1. The van der Waals surface area contributed by atoms with Gasteiger partial charge in [0.25, 0.3) is 0 Å². The molecule has 0 atom stereocenters. The number of methoxy groups -OCH3 is 1. The zero-order chi connectivity index (χ0) is 15.2. The van der Waals surface area contributed by atoms with Crippen LogP contribution in [-0.2, 0) is 11.8 Å². The smallest absolute Gasteiger partial charge is 0.119 e. The Morgan fingerprint density at radius 2 is 1.77 bits per heavy atom. The van der Waals surface area contributed by atoms with Crippen molar-refractivity contribution in [2.45, 2.75) is 50.4 Å². The highest BCUT2D eigenvalue weighted by Crippen LogP contribution is 2.61. The molecule has 0 amide bonds. The Bertz CT molecular complexity index is 552. The summed E-state index contributed by atoms with van der Waals surface area (Å²) in [5.74, 6) is 3.80. The largest absolute Gasteiger partial charge is 0.516 e. The second kappa shape index (κ2) is 5.33. The average Bonchev–Trinajstić information content (AvgIpc) is 2.51. The van der Waals surface area contributed by atoms with E-state index in [1.165, 1.54) is 55.9 Å². The molecule has 4 aliphatic rings. The molecule has 0 aromatic heterocycles. The van der Waals surface area contributed by atoms with Crippen LogP contribution in [0.3, 0.4) is 0 Å². The number of ether oxygens (including phenoxy) is 1. The van der Waals surface area contributed by atoms with Gasteiger partial charge in [0.05, 0.1) is 13.4 Å². The first-order chi connectivity index (χ1) is 10.7. The van der Waals surface area contributed by atoms with Crippen molar-refractivity contribution in [3.63, 3.8) is 0 Å². The molecular formula is C20H26O2. The van der Waals surface area contributed by atoms with Crippen molar-refractivity contribution >= 4 is 0 Å². The molecular weight excluding hydrogens is 272 g/mol. The van der Waals surface area contributed by atoms with Crippen molar-refractivity contribution in [1.29, 1.82) is 0 Å². The van der Waals surface area contributed by atoms with E-state index in [4.69, 9.17) is 9.84 Å². The SMILES string of the molecule is COc1ccc(CC=CO)c(C23CC4CC(CC(C4)C2)C3)c1. The summed E-state index contributed by atoms with van der Waals surface area (Å²) in [6, 6.07) is 6.55. The Hall–Kier alpha value is -1.44. The van der Waals surface area contributed by atoms with Gasteiger partial charge in [-0.05, 0) is 97.5 Å². The quantitative estimate of drug-likeness (QED) is 0.811. The minimum atomic E-state index is 0.377. The van der Waals surface area contributed by atoms with Crippen molar-refractivity contribution in [3.05, 3.63) is 41.7 Å². The van der Waals surface area contributed by atoms with Gasteiger partial charge in [0.15, 0.2) is 0 Å². The summed E-state index contributed by atoms with van der Waals surface area (Å²) in [5.41, 5.74) is 3.25. The molecule has 118 valence electrons. The summed E-state index contributed by atoms with van der Waals surface area (Å²) in [5, 5.41) is 9.05.